The highest BCUT2D eigenvalue weighted by Gasteiger charge is 2.30. The van der Waals surface area contributed by atoms with Crippen molar-refractivity contribution in [2.75, 3.05) is 5.32 Å². The van der Waals surface area contributed by atoms with E-state index in [-0.39, 0.29) is 11.7 Å². The van der Waals surface area contributed by atoms with Crippen LogP contribution < -0.4 is 10.6 Å². The Morgan fingerprint density at radius 3 is 2.63 bits per heavy atom. The fourth-order valence-electron chi connectivity index (χ4n) is 2.24. The molecule has 1 aliphatic carbocycles. The molecular weight excluding hydrogens is 251 g/mol. The van der Waals surface area contributed by atoms with E-state index in [1.165, 1.54) is 18.2 Å². The highest BCUT2D eigenvalue weighted by molar-refractivity contribution is 5.89. The Labute approximate surface area is 109 Å². The van der Waals surface area contributed by atoms with Crippen LogP contribution in [0.15, 0.2) is 24.3 Å². The molecule has 0 spiro atoms. The van der Waals surface area contributed by atoms with Crippen molar-refractivity contribution in [1.82, 2.24) is 5.32 Å². The summed E-state index contributed by atoms with van der Waals surface area (Å²) in [5.41, 5.74) is 0.104. The second-order valence-electron chi connectivity index (χ2n) is 4.62. The van der Waals surface area contributed by atoms with Crippen molar-refractivity contribution in [3.8, 4) is 0 Å². The van der Waals surface area contributed by atoms with Crippen molar-refractivity contribution < 1.29 is 19.1 Å². The molecule has 0 bridgehead atoms. The van der Waals surface area contributed by atoms with Crippen molar-refractivity contribution in [2.24, 2.45) is 5.92 Å². The summed E-state index contributed by atoms with van der Waals surface area (Å²) in [6.07, 6.45) is 1.60. The molecule has 102 valence electrons. The van der Waals surface area contributed by atoms with Crippen molar-refractivity contribution in [2.45, 2.75) is 25.3 Å². The lowest BCUT2D eigenvalue weighted by Crippen LogP contribution is -2.36. The topological polar surface area (TPSA) is 78.4 Å². The lowest BCUT2D eigenvalue weighted by Gasteiger charge is -2.13. The van der Waals surface area contributed by atoms with E-state index in [9.17, 15) is 14.0 Å². The predicted molar refractivity (Wildman–Crippen MR) is 67.3 cm³/mol. The maximum Gasteiger partial charge on any atom is 0.319 e. The molecule has 2 amide bonds. The molecular formula is C13H15FN2O3. The van der Waals surface area contributed by atoms with E-state index < -0.39 is 23.7 Å². The van der Waals surface area contributed by atoms with Crippen molar-refractivity contribution in [1.29, 1.82) is 0 Å². The van der Waals surface area contributed by atoms with Gasteiger partial charge in [-0.15, -0.1) is 0 Å². The van der Waals surface area contributed by atoms with Gasteiger partial charge in [0, 0.05) is 6.04 Å². The van der Waals surface area contributed by atoms with Gasteiger partial charge in [-0.2, -0.15) is 0 Å². The second-order valence-corrected chi connectivity index (χ2v) is 4.62. The number of hydrogen-bond acceptors (Lipinski definition) is 2. The summed E-state index contributed by atoms with van der Waals surface area (Å²) in [6.45, 7) is 0. The first-order chi connectivity index (χ1) is 9.06. The largest absolute Gasteiger partial charge is 0.481 e. The molecule has 1 fully saturated rings. The molecule has 2 rings (SSSR count). The third-order valence-corrected chi connectivity index (χ3v) is 3.24. The standard InChI is InChI=1S/C13H15FN2O3/c14-10-3-1-2-4-11(10)16-13(19)15-9-6-5-8(7-9)12(17)18/h1-4,8-9H,5-7H2,(H,17,18)(H2,15,16,19)/t8-,9+/m1/s1. The first kappa shape index (κ1) is 13.3. The molecule has 0 aliphatic heterocycles. The lowest BCUT2D eigenvalue weighted by molar-refractivity contribution is -0.141. The monoisotopic (exact) mass is 266 g/mol. The number of rotatable bonds is 3. The van der Waals surface area contributed by atoms with Gasteiger partial charge in [0.25, 0.3) is 0 Å². The van der Waals surface area contributed by atoms with Crippen molar-refractivity contribution in [3.63, 3.8) is 0 Å². The van der Waals surface area contributed by atoms with Gasteiger partial charge in [-0.1, -0.05) is 12.1 Å². The quantitative estimate of drug-likeness (QED) is 0.784. The normalized spacial score (nSPS) is 21.9. The molecule has 1 aromatic carbocycles. The van der Waals surface area contributed by atoms with Gasteiger partial charge in [0.2, 0.25) is 0 Å². The number of halogens is 1. The summed E-state index contributed by atoms with van der Waals surface area (Å²) in [6, 6.07) is 5.19. The van der Waals surface area contributed by atoms with Gasteiger partial charge in [-0.3, -0.25) is 4.79 Å². The average molecular weight is 266 g/mol. The number of amides is 2. The minimum atomic E-state index is -0.834. The first-order valence-electron chi connectivity index (χ1n) is 6.11. The smallest absolute Gasteiger partial charge is 0.319 e. The van der Waals surface area contributed by atoms with Gasteiger partial charge >= 0.3 is 12.0 Å². The van der Waals surface area contributed by atoms with Gasteiger partial charge in [-0.05, 0) is 31.4 Å². The molecule has 0 saturated heterocycles. The van der Waals surface area contributed by atoms with Crippen molar-refractivity contribution >= 4 is 17.7 Å². The van der Waals surface area contributed by atoms with Crippen LogP contribution in [0.2, 0.25) is 0 Å². The highest BCUT2D eigenvalue weighted by Crippen LogP contribution is 2.25. The maximum absolute atomic E-state index is 13.3. The molecule has 0 radical (unpaired) electrons. The number of carboxylic acids is 1. The molecule has 0 heterocycles. The van der Waals surface area contributed by atoms with Crippen LogP contribution in [-0.2, 0) is 4.79 Å². The number of urea groups is 1. The van der Waals surface area contributed by atoms with Gasteiger partial charge in [-0.25, -0.2) is 9.18 Å². The molecule has 1 saturated carbocycles. The van der Waals surface area contributed by atoms with E-state index in [2.05, 4.69) is 10.6 Å². The van der Waals surface area contributed by atoms with Crippen LogP contribution in [0.5, 0.6) is 0 Å². The van der Waals surface area contributed by atoms with Crippen LogP contribution >= 0.6 is 0 Å². The molecule has 3 N–H and O–H groups in total. The SMILES string of the molecule is O=C(Nc1ccccc1F)N[C@H]1CC[C@@H](C(=O)O)C1. The van der Waals surface area contributed by atoms with Crippen LogP contribution in [0.4, 0.5) is 14.9 Å². The number of anilines is 1. The average Bonchev–Trinajstić information content (AvgIpc) is 2.80. The predicted octanol–water partition coefficient (Wildman–Crippen LogP) is 2.20. The van der Waals surface area contributed by atoms with E-state index in [0.29, 0.717) is 19.3 Å². The number of carboxylic acid groups (broad SMARTS) is 1. The number of carbonyl (C=O) groups excluding carboxylic acids is 1. The van der Waals surface area contributed by atoms with Crippen LogP contribution in [-0.4, -0.2) is 23.1 Å². The number of aliphatic carboxylic acids is 1. The minimum Gasteiger partial charge on any atom is -0.481 e. The molecule has 6 heteroatoms. The van der Waals surface area contributed by atoms with Crippen LogP contribution in [0.1, 0.15) is 19.3 Å². The minimum absolute atomic E-state index is 0.104. The number of para-hydroxylation sites is 1. The Balaban J connectivity index is 1.86. The molecule has 0 aromatic heterocycles. The second kappa shape index (κ2) is 5.69. The van der Waals surface area contributed by atoms with Gasteiger partial charge in [0.1, 0.15) is 5.82 Å². The Bertz CT molecular complexity index is 493. The summed E-state index contributed by atoms with van der Waals surface area (Å²) < 4.78 is 13.3. The van der Waals surface area contributed by atoms with Gasteiger partial charge < -0.3 is 15.7 Å². The molecule has 1 aromatic rings. The highest BCUT2D eigenvalue weighted by atomic mass is 19.1. The third-order valence-electron chi connectivity index (χ3n) is 3.24. The molecule has 0 unspecified atom stereocenters. The Hall–Kier alpha value is -2.11. The van der Waals surface area contributed by atoms with E-state index >= 15 is 0 Å². The van der Waals surface area contributed by atoms with Gasteiger partial charge in [0.15, 0.2) is 0 Å². The Morgan fingerprint density at radius 2 is 2.00 bits per heavy atom. The molecule has 5 nitrogen and oxygen atoms in total. The Kier molecular flexibility index (Phi) is 3.99. The summed E-state index contributed by atoms with van der Waals surface area (Å²) in [4.78, 5) is 22.5. The number of hydrogen-bond donors (Lipinski definition) is 3. The third kappa shape index (κ3) is 3.43. The fourth-order valence-corrected chi connectivity index (χ4v) is 2.24. The van der Waals surface area contributed by atoms with Gasteiger partial charge in [0.05, 0.1) is 11.6 Å². The molecule has 2 atom stereocenters. The summed E-state index contributed by atoms with van der Waals surface area (Å²) in [5.74, 6) is -1.75. The first-order valence-corrected chi connectivity index (χ1v) is 6.11. The number of nitrogens with one attached hydrogen (secondary N) is 2. The molecule has 1 aliphatic rings. The summed E-state index contributed by atoms with van der Waals surface area (Å²) in [7, 11) is 0. The summed E-state index contributed by atoms with van der Waals surface area (Å²) in [5, 5.41) is 13.9. The van der Waals surface area contributed by atoms with Crippen LogP contribution in [0.3, 0.4) is 0 Å². The van der Waals surface area contributed by atoms with Crippen LogP contribution in [0.25, 0.3) is 0 Å². The Morgan fingerprint density at radius 1 is 1.26 bits per heavy atom. The number of benzene rings is 1. The fraction of sp³-hybridized carbons (Fsp3) is 0.385. The van der Waals surface area contributed by atoms with E-state index in [1.807, 2.05) is 0 Å². The summed E-state index contributed by atoms with van der Waals surface area (Å²) >= 11 is 0. The zero-order chi connectivity index (χ0) is 13.8. The lowest BCUT2D eigenvalue weighted by atomic mass is 10.1. The zero-order valence-corrected chi connectivity index (χ0v) is 10.2. The van der Waals surface area contributed by atoms with Crippen LogP contribution in [0, 0.1) is 11.7 Å². The van der Waals surface area contributed by atoms with E-state index in [1.54, 1.807) is 6.07 Å². The number of carbonyl (C=O) groups is 2. The zero-order valence-electron chi connectivity index (χ0n) is 10.2. The van der Waals surface area contributed by atoms with Crippen molar-refractivity contribution in [3.05, 3.63) is 30.1 Å². The maximum atomic E-state index is 13.3. The van der Waals surface area contributed by atoms with E-state index in [0.717, 1.165) is 0 Å². The molecule has 19 heavy (non-hydrogen) atoms. The van der Waals surface area contributed by atoms with E-state index in [4.69, 9.17) is 5.11 Å².